The first-order valence-electron chi connectivity index (χ1n) is 11.0. The highest BCUT2D eigenvalue weighted by Gasteiger charge is 2.46. The van der Waals surface area contributed by atoms with E-state index in [4.69, 9.17) is 4.99 Å². The molecule has 1 saturated heterocycles. The highest BCUT2D eigenvalue weighted by atomic mass is 16.6. The van der Waals surface area contributed by atoms with Crippen LogP contribution in [0.4, 0.5) is 5.69 Å². The summed E-state index contributed by atoms with van der Waals surface area (Å²) in [7, 11) is 0. The Labute approximate surface area is 182 Å². The van der Waals surface area contributed by atoms with Gasteiger partial charge in [0.1, 0.15) is 0 Å². The number of ketones is 1. The van der Waals surface area contributed by atoms with E-state index in [-0.39, 0.29) is 22.8 Å². The van der Waals surface area contributed by atoms with Crippen molar-refractivity contribution in [1.29, 1.82) is 0 Å². The van der Waals surface area contributed by atoms with Gasteiger partial charge in [-0.15, -0.1) is 0 Å². The molecule has 0 spiro atoms. The normalized spacial score (nSPS) is 25.7. The molecule has 0 saturated carbocycles. The van der Waals surface area contributed by atoms with Gasteiger partial charge in [-0.25, -0.2) is 0 Å². The molecule has 2 aliphatic heterocycles. The van der Waals surface area contributed by atoms with Crippen LogP contribution in [0.5, 0.6) is 0 Å². The molecule has 7 nitrogen and oxygen atoms in total. The van der Waals surface area contributed by atoms with Gasteiger partial charge in [0.05, 0.1) is 10.8 Å². The molecule has 2 atom stereocenters. The Morgan fingerprint density at radius 1 is 1.13 bits per heavy atom. The molecule has 3 aliphatic rings. The van der Waals surface area contributed by atoms with Crippen LogP contribution in [-0.2, 0) is 9.59 Å². The Morgan fingerprint density at radius 2 is 1.77 bits per heavy atom. The highest BCUT2D eigenvalue weighted by Crippen LogP contribution is 2.48. The van der Waals surface area contributed by atoms with Gasteiger partial charge in [0.25, 0.3) is 5.69 Å². The number of piperidine rings is 1. The number of hydrogen-bond donors (Lipinski definition) is 0. The Hall–Kier alpha value is -2.83. The number of carbonyl (C=O) groups excluding carboxylic acids is 2. The Balaban J connectivity index is 1.81. The van der Waals surface area contributed by atoms with Gasteiger partial charge in [0, 0.05) is 54.5 Å². The lowest BCUT2D eigenvalue weighted by Gasteiger charge is -2.41. The van der Waals surface area contributed by atoms with Gasteiger partial charge in [-0.2, -0.15) is 0 Å². The number of amides is 1. The minimum absolute atomic E-state index is 0.00540. The molecule has 164 valence electrons. The number of rotatable bonds is 3. The molecule has 1 aliphatic carbocycles. The molecule has 0 radical (unpaired) electrons. The zero-order valence-corrected chi connectivity index (χ0v) is 18.4. The highest BCUT2D eigenvalue weighted by molar-refractivity contribution is 6.10. The number of nitro benzene ring substituents is 1. The molecule has 1 amide bonds. The van der Waals surface area contributed by atoms with Crippen LogP contribution in [0.1, 0.15) is 64.4 Å². The second-order valence-electron chi connectivity index (χ2n) is 9.74. The standard InChI is InChI=1S/C24H29N3O4/c1-15-20(23(29)26-11-5-4-6-12-26)21(16-7-9-17(10-8-16)27(30)31)22-18(25-15)13-24(2,3)14-19(22)28/h7-10,20-21H,4-6,11-14H2,1-3H3/t20?,21-/m0/s1. The maximum absolute atomic E-state index is 13.6. The van der Waals surface area contributed by atoms with Crippen molar-refractivity contribution < 1.29 is 14.5 Å². The second kappa shape index (κ2) is 8.02. The number of nitro groups is 1. The molecular formula is C24H29N3O4. The number of non-ortho nitro benzene ring substituents is 1. The van der Waals surface area contributed by atoms with E-state index in [1.807, 2.05) is 11.8 Å². The van der Waals surface area contributed by atoms with Gasteiger partial charge in [-0.3, -0.25) is 24.7 Å². The number of carbonyl (C=O) groups is 2. The third kappa shape index (κ3) is 4.05. The molecule has 4 rings (SSSR count). The first-order chi connectivity index (χ1) is 14.7. The number of nitrogens with zero attached hydrogens (tertiary/aromatic N) is 3. The van der Waals surface area contributed by atoms with E-state index in [2.05, 4.69) is 13.8 Å². The van der Waals surface area contributed by atoms with Crippen LogP contribution in [0.25, 0.3) is 0 Å². The van der Waals surface area contributed by atoms with Gasteiger partial charge in [0.2, 0.25) is 5.91 Å². The number of hydrogen-bond acceptors (Lipinski definition) is 5. The van der Waals surface area contributed by atoms with E-state index in [1.54, 1.807) is 12.1 Å². The quantitative estimate of drug-likeness (QED) is 0.531. The molecule has 1 fully saturated rings. The summed E-state index contributed by atoms with van der Waals surface area (Å²) in [6.45, 7) is 7.45. The first kappa shape index (κ1) is 21.4. The maximum atomic E-state index is 13.6. The zero-order chi connectivity index (χ0) is 22.3. The van der Waals surface area contributed by atoms with Crippen LogP contribution < -0.4 is 0 Å². The molecular weight excluding hydrogens is 394 g/mol. The summed E-state index contributed by atoms with van der Waals surface area (Å²) in [6.07, 6.45) is 4.18. The smallest absolute Gasteiger partial charge is 0.269 e. The second-order valence-corrected chi connectivity index (χ2v) is 9.74. The summed E-state index contributed by atoms with van der Waals surface area (Å²) in [5.41, 5.74) is 2.69. The predicted octanol–water partition coefficient (Wildman–Crippen LogP) is 4.42. The minimum Gasteiger partial charge on any atom is -0.342 e. The van der Waals surface area contributed by atoms with Crippen LogP contribution in [0.3, 0.4) is 0 Å². The lowest BCUT2D eigenvalue weighted by Crippen LogP contribution is -2.46. The molecule has 0 aromatic heterocycles. The number of allylic oxidation sites excluding steroid dienone is 2. The van der Waals surface area contributed by atoms with Crippen LogP contribution in [0, 0.1) is 21.4 Å². The van der Waals surface area contributed by atoms with E-state index in [0.717, 1.165) is 49.3 Å². The van der Waals surface area contributed by atoms with Crippen molar-refractivity contribution in [2.45, 2.75) is 58.8 Å². The van der Waals surface area contributed by atoms with Gasteiger partial charge in [-0.05, 0) is 43.6 Å². The van der Waals surface area contributed by atoms with Crippen molar-refractivity contribution in [3.8, 4) is 0 Å². The van der Waals surface area contributed by atoms with E-state index >= 15 is 0 Å². The fraction of sp³-hybridized carbons (Fsp3) is 0.542. The largest absolute Gasteiger partial charge is 0.342 e. The number of benzene rings is 1. The average molecular weight is 424 g/mol. The molecule has 1 unspecified atom stereocenters. The number of Topliss-reactive ketones (excluding diaryl/α,β-unsaturated/α-hetero) is 1. The van der Waals surface area contributed by atoms with Crippen molar-refractivity contribution in [2.75, 3.05) is 13.1 Å². The third-order valence-corrected chi connectivity index (χ3v) is 6.70. The van der Waals surface area contributed by atoms with Crippen LogP contribution >= 0.6 is 0 Å². The van der Waals surface area contributed by atoms with E-state index in [1.165, 1.54) is 12.1 Å². The molecule has 7 heteroatoms. The van der Waals surface area contributed by atoms with Crippen LogP contribution in [0.15, 0.2) is 40.5 Å². The summed E-state index contributed by atoms with van der Waals surface area (Å²) in [6, 6.07) is 6.29. The van der Waals surface area contributed by atoms with Crippen molar-refractivity contribution >= 4 is 23.1 Å². The lowest BCUT2D eigenvalue weighted by atomic mass is 9.66. The third-order valence-electron chi connectivity index (χ3n) is 6.70. The van der Waals surface area contributed by atoms with Crippen molar-refractivity contribution in [1.82, 2.24) is 4.90 Å². The van der Waals surface area contributed by atoms with Gasteiger partial charge in [-0.1, -0.05) is 26.0 Å². The fourth-order valence-corrected chi connectivity index (χ4v) is 5.24. The fourth-order valence-electron chi connectivity index (χ4n) is 5.24. The monoisotopic (exact) mass is 423 g/mol. The first-order valence-corrected chi connectivity index (χ1v) is 11.0. The number of aliphatic imine (C=N–C) groups is 1. The Morgan fingerprint density at radius 3 is 2.39 bits per heavy atom. The van der Waals surface area contributed by atoms with Crippen molar-refractivity contribution in [2.24, 2.45) is 16.3 Å². The minimum atomic E-state index is -0.552. The van der Waals surface area contributed by atoms with E-state index in [0.29, 0.717) is 18.4 Å². The van der Waals surface area contributed by atoms with Crippen LogP contribution in [-0.4, -0.2) is 40.3 Å². The van der Waals surface area contributed by atoms with Gasteiger partial charge >= 0.3 is 0 Å². The lowest BCUT2D eigenvalue weighted by molar-refractivity contribution is -0.384. The predicted molar refractivity (Wildman–Crippen MR) is 118 cm³/mol. The SMILES string of the molecule is CC1=NC2=C(C(=O)CC(C)(C)C2)[C@@H](c2ccc([N+](=O)[O-])cc2)C1C(=O)N1CCCCC1. The number of likely N-dealkylation sites (tertiary alicyclic amines) is 1. The molecule has 31 heavy (non-hydrogen) atoms. The maximum Gasteiger partial charge on any atom is 0.269 e. The van der Waals surface area contributed by atoms with Gasteiger partial charge < -0.3 is 4.90 Å². The Bertz CT molecular complexity index is 985. The summed E-state index contributed by atoms with van der Waals surface area (Å²) < 4.78 is 0. The van der Waals surface area contributed by atoms with E-state index in [9.17, 15) is 19.7 Å². The molecule has 1 aromatic rings. The average Bonchev–Trinajstić information content (AvgIpc) is 2.72. The van der Waals surface area contributed by atoms with Gasteiger partial charge in [0.15, 0.2) is 5.78 Å². The van der Waals surface area contributed by atoms with Crippen molar-refractivity contribution in [3.05, 3.63) is 51.2 Å². The van der Waals surface area contributed by atoms with E-state index < -0.39 is 16.8 Å². The summed E-state index contributed by atoms with van der Waals surface area (Å²) in [5, 5.41) is 11.1. The molecule has 0 bridgehead atoms. The Kier molecular flexibility index (Phi) is 5.54. The van der Waals surface area contributed by atoms with Crippen LogP contribution in [0.2, 0.25) is 0 Å². The molecule has 1 aromatic carbocycles. The molecule has 0 N–H and O–H groups in total. The summed E-state index contributed by atoms with van der Waals surface area (Å²) in [4.78, 5) is 44.3. The topological polar surface area (TPSA) is 92.9 Å². The zero-order valence-electron chi connectivity index (χ0n) is 18.4. The summed E-state index contributed by atoms with van der Waals surface area (Å²) in [5.74, 6) is -0.967. The van der Waals surface area contributed by atoms with Crippen molar-refractivity contribution in [3.63, 3.8) is 0 Å². The molecule has 2 heterocycles. The summed E-state index contributed by atoms with van der Waals surface area (Å²) >= 11 is 0.